The second-order valence-corrected chi connectivity index (χ2v) is 6.67. The van der Waals surface area contributed by atoms with Crippen LogP contribution in [0.4, 0.5) is 0 Å². The predicted octanol–water partition coefficient (Wildman–Crippen LogP) is 2.34. The van der Waals surface area contributed by atoms with Gasteiger partial charge in [0, 0.05) is 19.1 Å². The van der Waals surface area contributed by atoms with Crippen LogP contribution in [0.2, 0.25) is 0 Å². The first-order valence-electron chi connectivity index (χ1n) is 9.23. The van der Waals surface area contributed by atoms with Crippen LogP contribution in [-0.4, -0.2) is 60.8 Å². The van der Waals surface area contributed by atoms with Gasteiger partial charge in [-0.15, -0.1) is 24.0 Å². The molecule has 0 bridgehead atoms. The Morgan fingerprint density at radius 3 is 2.35 bits per heavy atom. The maximum absolute atomic E-state index is 9.59. The molecule has 2 rings (SSSR count). The Balaban J connectivity index is 0.00000264. The lowest BCUT2D eigenvalue weighted by molar-refractivity contribution is 0.120. The van der Waals surface area contributed by atoms with Gasteiger partial charge in [-0.05, 0) is 58.5 Å². The standard InChI is InChI=1S/C17H34N4O.HI/c1-2-18-17(20-15-7-9-16(22)10-8-15)19-11-14-21-12-5-3-4-6-13-21;/h15-16,22H,2-14H2,1H3,(H2,18,19,20);1H. The van der Waals surface area contributed by atoms with E-state index in [1.807, 2.05) is 0 Å². The Hall–Kier alpha value is -0.0800. The lowest BCUT2D eigenvalue weighted by Gasteiger charge is -2.27. The van der Waals surface area contributed by atoms with E-state index in [9.17, 15) is 5.11 Å². The Bertz CT molecular complexity index is 325. The number of nitrogens with zero attached hydrogens (tertiary/aromatic N) is 2. The van der Waals surface area contributed by atoms with Gasteiger partial charge in [-0.25, -0.2) is 0 Å². The van der Waals surface area contributed by atoms with E-state index in [1.54, 1.807) is 0 Å². The van der Waals surface area contributed by atoms with Crippen LogP contribution in [0.15, 0.2) is 4.99 Å². The highest BCUT2D eigenvalue weighted by molar-refractivity contribution is 14.0. The lowest BCUT2D eigenvalue weighted by Crippen LogP contribution is -2.45. The second-order valence-electron chi connectivity index (χ2n) is 6.67. The molecule has 1 saturated heterocycles. The zero-order chi connectivity index (χ0) is 15.6. The minimum Gasteiger partial charge on any atom is -0.393 e. The third-order valence-electron chi connectivity index (χ3n) is 4.77. The first-order valence-corrected chi connectivity index (χ1v) is 9.23. The monoisotopic (exact) mass is 438 g/mol. The van der Waals surface area contributed by atoms with Crippen LogP contribution >= 0.6 is 24.0 Å². The number of guanidine groups is 1. The molecule has 3 N–H and O–H groups in total. The molecule has 136 valence electrons. The van der Waals surface area contributed by atoms with E-state index >= 15 is 0 Å². The summed E-state index contributed by atoms with van der Waals surface area (Å²) in [5, 5.41) is 16.5. The summed E-state index contributed by atoms with van der Waals surface area (Å²) < 4.78 is 0. The van der Waals surface area contributed by atoms with Crippen molar-refractivity contribution in [1.29, 1.82) is 0 Å². The molecule has 1 aliphatic carbocycles. The summed E-state index contributed by atoms with van der Waals surface area (Å²) in [6.07, 6.45) is 9.25. The fourth-order valence-corrected chi connectivity index (χ4v) is 3.40. The summed E-state index contributed by atoms with van der Waals surface area (Å²) in [5.41, 5.74) is 0. The molecule has 0 atom stereocenters. The van der Waals surface area contributed by atoms with Gasteiger partial charge < -0.3 is 20.6 Å². The highest BCUT2D eigenvalue weighted by Gasteiger charge is 2.19. The minimum absolute atomic E-state index is 0. The zero-order valence-corrected chi connectivity index (χ0v) is 16.9. The SMILES string of the molecule is CCNC(=NCCN1CCCCCC1)NC1CCC(O)CC1.I. The quantitative estimate of drug-likeness (QED) is 0.351. The highest BCUT2D eigenvalue weighted by Crippen LogP contribution is 2.18. The minimum atomic E-state index is -0.0967. The van der Waals surface area contributed by atoms with Crippen molar-refractivity contribution in [2.75, 3.05) is 32.7 Å². The van der Waals surface area contributed by atoms with E-state index in [4.69, 9.17) is 4.99 Å². The van der Waals surface area contributed by atoms with Gasteiger partial charge in [0.05, 0.1) is 12.6 Å². The molecule has 2 fully saturated rings. The molecule has 6 heteroatoms. The van der Waals surface area contributed by atoms with Crippen LogP contribution in [0.1, 0.15) is 58.3 Å². The lowest BCUT2D eigenvalue weighted by atomic mass is 9.93. The molecule has 1 heterocycles. The van der Waals surface area contributed by atoms with E-state index < -0.39 is 0 Å². The fourth-order valence-electron chi connectivity index (χ4n) is 3.40. The molecule has 0 aromatic heterocycles. The van der Waals surface area contributed by atoms with Gasteiger partial charge in [-0.1, -0.05) is 12.8 Å². The molecule has 0 spiro atoms. The molecule has 0 aromatic carbocycles. The number of aliphatic hydroxyl groups is 1. The summed E-state index contributed by atoms with van der Waals surface area (Å²) in [7, 11) is 0. The summed E-state index contributed by atoms with van der Waals surface area (Å²) in [4.78, 5) is 7.29. The molecule has 0 aromatic rings. The normalized spacial score (nSPS) is 27.0. The number of likely N-dealkylation sites (tertiary alicyclic amines) is 1. The van der Waals surface area contributed by atoms with Gasteiger partial charge in [0.2, 0.25) is 0 Å². The van der Waals surface area contributed by atoms with E-state index in [0.29, 0.717) is 6.04 Å². The average Bonchev–Trinajstić information content (AvgIpc) is 2.78. The molecular weight excluding hydrogens is 403 g/mol. The van der Waals surface area contributed by atoms with E-state index in [0.717, 1.165) is 51.3 Å². The van der Waals surface area contributed by atoms with E-state index in [2.05, 4.69) is 22.5 Å². The second kappa shape index (κ2) is 12.3. The largest absolute Gasteiger partial charge is 0.393 e. The van der Waals surface area contributed by atoms with Crippen molar-refractivity contribution in [3.8, 4) is 0 Å². The molecule has 0 radical (unpaired) electrons. The number of halogens is 1. The highest BCUT2D eigenvalue weighted by atomic mass is 127. The number of aliphatic hydroxyl groups excluding tert-OH is 1. The Kier molecular flexibility index (Phi) is 11.2. The molecule has 5 nitrogen and oxygen atoms in total. The maximum Gasteiger partial charge on any atom is 0.191 e. The molecular formula is C17H35IN4O. The topological polar surface area (TPSA) is 59.9 Å². The summed E-state index contributed by atoms with van der Waals surface area (Å²) in [6, 6.07) is 0.458. The molecule has 0 amide bonds. The van der Waals surface area contributed by atoms with E-state index in [-0.39, 0.29) is 30.1 Å². The first kappa shape index (κ1) is 21.0. The number of nitrogens with one attached hydrogen (secondary N) is 2. The third-order valence-corrected chi connectivity index (χ3v) is 4.77. The smallest absolute Gasteiger partial charge is 0.191 e. The van der Waals surface area contributed by atoms with E-state index in [1.165, 1.54) is 38.8 Å². The van der Waals surface area contributed by atoms with Gasteiger partial charge in [0.1, 0.15) is 0 Å². The number of hydrogen-bond acceptors (Lipinski definition) is 3. The Labute approximate surface area is 158 Å². The van der Waals surface area contributed by atoms with Gasteiger partial charge in [0.15, 0.2) is 5.96 Å². The van der Waals surface area contributed by atoms with Gasteiger partial charge >= 0.3 is 0 Å². The maximum atomic E-state index is 9.59. The summed E-state index contributed by atoms with van der Waals surface area (Å²) in [5.74, 6) is 0.943. The van der Waals surface area contributed by atoms with Crippen LogP contribution in [0.25, 0.3) is 0 Å². The van der Waals surface area contributed by atoms with Crippen molar-refractivity contribution in [2.24, 2.45) is 4.99 Å². The molecule has 23 heavy (non-hydrogen) atoms. The fraction of sp³-hybridized carbons (Fsp3) is 0.941. The van der Waals surface area contributed by atoms with Crippen LogP contribution in [0.5, 0.6) is 0 Å². The number of hydrogen-bond donors (Lipinski definition) is 3. The van der Waals surface area contributed by atoms with Gasteiger partial charge in [-0.2, -0.15) is 0 Å². The first-order chi connectivity index (χ1) is 10.8. The number of rotatable bonds is 5. The zero-order valence-electron chi connectivity index (χ0n) is 14.6. The van der Waals surface area contributed by atoms with Crippen LogP contribution in [0, 0.1) is 0 Å². The van der Waals surface area contributed by atoms with Crippen LogP contribution in [-0.2, 0) is 0 Å². The van der Waals surface area contributed by atoms with Gasteiger partial charge in [-0.3, -0.25) is 4.99 Å². The molecule has 1 aliphatic heterocycles. The van der Waals surface area contributed by atoms with Crippen molar-refractivity contribution < 1.29 is 5.11 Å². The molecule has 0 unspecified atom stereocenters. The summed E-state index contributed by atoms with van der Waals surface area (Å²) >= 11 is 0. The van der Waals surface area contributed by atoms with Gasteiger partial charge in [0.25, 0.3) is 0 Å². The summed E-state index contributed by atoms with van der Waals surface area (Å²) in [6.45, 7) is 7.41. The Morgan fingerprint density at radius 1 is 1.09 bits per heavy atom. The van der Waals surface area contributed by atoms with Crippen LogP contribution in [0.3, 0.4) is 0 Å². The van der Waals surface area contributed by atoms with Crippen LogP contribution < -0.4 is 10.6 Å². The number of aliphatic imine (C=N–C) groups is 1. The van der Waals surface area contributed by atoms with Crippen molar-refractivity contribution >= 4 is 29.9 Å². The van der Waals surface area contributed by atoms with Crippen molar-refractivity contribution in [2.45, 2.75) is 70.4 Å². The average molecular weight is 438 g/mol. The Morgan fingerprint density at radius 2 is 1.74 bits per heavy atom. The third kappa shape index (κ3) is 8.54. The van der Waals surface area contributed by atoms with Crippen molar-refractivity contribution in [3.63, 3.8) is 0 Å². The molecule has 1 saturated carbocycles. The van der Waals surface area contributed by atoms with Crippen molar-refractivity contribution in [3.05, 3.63) is 0 Å². The predicted molar refractivity (Wildman–Crippen MR) is 108 cm³/mol. The van der Waals surface area contributed by atoms with Crippen molar-refractivity contribution in [1.82, 2.24) is 15.5 Å². The molecule has 2 aliphatic rings.